The molecule has 16 heteroatoms. The summed E-state index contributed by atoms with van der Waals surface area (Å²) in [6.45, 7) is 3.05. The molecule has 0 saturated carbocycles. The quantitative estimate of drug-likeness (QED) is 0.268. The second-order valence-corrected chi connectivity index (χ2v) is 9.43. The van der Waals surface area contributed by atoms with Gasteiger partial charge >= 0.3 is 24.3 Å². The number of alkyl halides is 6. The molecule has 2 aromatic heterocycles. The van der Waals surface area contributed by atoms with E-state index < -0.39 is 30.2 Å². The highest BCUT2D eigenvalue weighted by atomic mass is 19.4. The molecule has 1 fully saturated rings. The zero-order chi connectivity index (χ0) is 32.7. The molecule has 0 aliphatic carbocycles. The zero-order valence-corrected chi connectivity index (χ0v) is 22.6. The molecule has 4 aromatic rings. The van der Waals surface area contributed by atoms with E-state index in [0.29, 0.717) is 17.0 Å². The fourth-order valence-corrected chi connectivity index (χ4v) is 4.22. The van der Waals surface area contributed by atoms with Gasteiger partial charge < -0.3 is 15.9 Å². The van der Waals surface area contributed by atoms with Gasteiger partial charge in [-0.15, -0.1) is 0 Å². The maximum Gasteiger partial charge on any atom is 0.490 e. The Hall–Kier alpha value is -4.99. The van der Waals surface area contributed by atoms with Crippen molar-refractivity contribution in [2.24, 2.45) is 5.73 Å². The van der Waals surface area contributed by atoms with Gasteiger partial charge in [0.05, 0.1) is 11.3 Å². The first-order valence-electron chi connectivity index (χ1n) is 12.7. The first-order chi connectivity index (χ1) is 20.6. The van der Waals surface area contributed by atoms with Crippen LogP contribution in [-0.4, -0.2) is 73.2 Å². The third-order valence-corrected chi connectivity index (χ3v) is 6.27. The molecule has 10 nitrogen and oxygen atoms in total. The number of aliphatic carboxylic acids is 2. The van der Waals surface area contributed by atoms with Crippen molar-refractivity contribution in [3.05, 3.63) is 89.9 Å². The maximum atomic E-state index is 11.6. The number of likely N-dealkylation sites (tertiary alicyclic amines) is 1. The standard InChI is InChI=1S/C24H23N5O.2C2HF3O2/c25-24(30)21-5-3-4-19-16-29(27-23(19)21)20-9-7-17(8-10-20)14-28-13-11-18(15-28)22-6-1-2-12-26-22;2*3-2(4,5)1(6)7/h1-10,12,16,18H,11,13-15H2,(H2,25,30);2*(H,6,7). The molecule has 234 valence electrons. The molecular formula is C28H25F6N5O5. The summed E-state index contributed by atoms with van der Waals surface area (Å²) < 4.78 is 65.3. The molecule has 1 amide bonds. The van der Waals surface area contributed by atoms with E-state index in [0.717, 1.165) is 37.1 Å². The van der Waals surface area contributed by atoms with E-state index in [4.69, 9.17) is 25.5 Å². The highest BCUT2D eigenvalue weighted by Crippen LogP contribution is 2.27. The van der Waals surface area contributed by atoms with Crippen molar-refractivity contribution < 1.29 is 50.9 Å². The van der Waals surface area contributed by atoms with Gasteiger partial charge in [-0.05, 0) is 48.9 Å². The fourth-order valence-electron chi connectivity index (χ4n) is 4.22. The average molecular weight is 626 g/mol. The molecule has 1 aliphatic heterocycles. The molecule has 4 N–H and O–H groups in total. The van der Waals surface area contributed by atoms with Crippen LogP contribution in [0.15, 0.2) is 73.1 Å². The Morgan fingerprint density at radius 1 is 0.886 bits per heavy atom. The minimum atomic E-state index is -5.08. The number of aromatic nitrogens is 3. The van der Waals surface area contributed by atoms with Gasteiger partial charge in [-0.25, -0.2) is 14.3 Å². The number of rotatable bonds is 5. The Balaban J connectivity index is 0.000000317. The molecule has 44 heavy (non-hydrogen) atoms. The van der Waals surface area contributed by atoms with Crippen LogP contribution in [0.1, 0.15) is 34.0 Å². The van der Waals surface area contributed by atoms with Crippen LogP contribution in [0.2, 0.25) is 0 Å². The third kappa shape index (κ3) is 9.26. The predicted octanol–water partition coefficient (Wildman–Crippen LogP) is 4.78. The van der Waals surface area contributed by atoms with E-state index in [2.05, 4.69) is 51.4 Å². The lowest BCUT2D eigenvalue weighted by atomic mass is 10.0. The largest absolute Gasteiger partial charge is 0.490 e. The number of fused-ring (bicyclic) bond motifs is 1. The minimum absolute atomic E-state index is 0.444. The van der Waals surface area contributed by atoms with Gasteiger partial charge in [-0.1, -0.05) is 30.3 Å². The summed E-state index contributed by atoms with van der Waals surface area (Å²) in [5, 5.41) is 19.7. The van der Waals surface area contributed by atoms with Crippen molar-refractivity contribution in [1.29, 1.82) is 0 Å². The molecule has 0 spiro atoms. The van der Waals surface area contributed by atoms with Crippen molar-refractivity contribution in [3.8, 4) is 5.69 Å². The second-order valence-electron chi connectivity index (χ2n) is 9.43. The lowest BCUT2D eigenvalue weighted by molar-refractivity contribution is -0.193. The Morgan fingerprint density at radius 3 is 2.02 bits per heavy atom. The van der Waals surface area contributed by atoms with Crippen LogP contribution in [-0.2, 0) is 16.1 Å². The number of nitrogens with zero attached hydrogens (tertiary/aromatic N) is 4. The van der Waals surface area contributed by atoms with Crippen molar-refractivity contribution in [1.82, 2.24) is 19.7 Å². The van der Waals surface area contributed by atoms with Crippen LogP contribution in [0.4, 0.5) is 26.3 Å². The highest BCUT2D eigenvalue weighted by molar-refractivity contribution is 6.04. The first kappa shape index (κ1) is 33.5. The van der Waals surface area contributed by atoms with E-state index in [-0.39, 0.29) is 0 Å². The topological polar surface area (TPSA) is 152 Å². The number of primary amides is 1. The monoisotopic (exact) mass is 625 g/mol. The molecule has 1 atom stereocenters. The van der Waals surface area contributed by atoms with Gasteiger partial charge in [-0.2, -0.15) is 31.4 Å². The number of halogens is 6. The van der Waals surface area contributed by atoms with Crippen LogP contribution in [0, 0.1) is 0 Å². The zero-order valence-electron chi connectivity index (χ0n) is 22.6. The van der Waals surface area contributed by atoms with Crippen molar-refractivity contribution in [2.75, 3.05) is 13.1 Å². The summed E-state index contributed by atoms with van der Waals surface area (Å²) >= 11 is 0. The maximum absolute atomic E-state index is 11.6. The highest BCUT2D eigenvalue weighted by Gasteiger charge is 2.38. The third-order valence-electron chi connectivity index (χ3n) is 6.27. The van der Waals surface area contributed by atoms with Gasteiger partial charge in [0, 0.05) is 42.5 Å². The number of nitrogens with two attached hydrogens (primary N) is 1. The SMILES string of the molecule is NC(=O)c1cccc2cn(-c3ccc(CN4CCC(c5ccccn5)C4)cc3)nc12.O=C(O)C(F)(F)F.O=C(O)C(F)(F)F. The van der Waals surface area contributed by atoms with E-state index in [1.807, 2.05) is 30.6 Å². The van der Waals surface area contributed by atoms with Crippen LogP contribution in [0.5, 0.6) is 0 Å². The molecule has 3 heterocycles. The van der Waals surface area contributed by atoms with Gasteiger partial charge in [-0.3, -0.25) is 14.7 Å². The van der Waals surface area contributed by atoms with Gasteiger partial charge in [0.25, 0.3) is 5.91 Å². The average Bonchev–Trinajstić information content (AvgIpc) is 3.61. The van der Waals surface area contributed by atoms with Crippen LogP contribution in [0.3, 0.4) is 0 Å². The molecule has 1 aliphatic rings. The van der Waals surface area contributed by atoms with Crippen molar-refractivity contribution in [3.63, 3.8) is 0 Å². The number of carboxylic acids is 2. The predicted molar refractivity (Wildman–Crippen MR) is 144 cm³/mol. The number of hydrogen-bond donors (Lipinski definition) is 3. The number of benzene rings is 2. The summed E-state index contributed by atoms with van der Waals surface area (Å²) in [5.41, 5.74) is 9.97. The minimum Gasteiger partial charge on any atom is -0.475 e. The molecular weight excluding hydrogens is 600 g/mol. The Morgan fingerprint density at radius 2 is 1.50 bits per heavy atom. The number of carboxylic acid groups (broad SMARTS) is 2. The molecule has 0 bridgehead atoms. The summed E-state index contributed by atoms with van der Waals surface area (Å²) in [4.78, 5) is 36.4. The second kappa shape index (κ2) is 14.0. The Kier molecular flexibility index (Phi) is 10.7. The van der Waals surface area contributed by atoms with Gasteiger partial charge in [0.1, 0.15) is 5.52 Å². The number of carbonyl (C=O) groups excluding carboxylic acids is 1. The van der Waals surface area contributed by atoms with Crippen LogP contribution in [0.25, 0.3) is 16.6 Å². The summed E-state index contributed by atoms with van der Waals surface area (Å²) in [6.07, 6.45) is -5.21. The summed E-state index contributed by atoms with van der Waals surface area (Å²) in [7, 11) is 0. The molecule has 2 aromatic carbocycles. The van der Waals surface area contributed by atoms with E-state index in [1.54, 1.807) is 10.7 Å². The summed E-state index contributed by atoms with van der Waals surface area (Å²) in [6, 6.07) is 20.0. The smallest absolute Gasteiger partial charge is 0.475 e. The Bertz CT molecular complexity index is 1570. The molecule has 5 rings (SSSR count). The normalized spacial score (nSPS) is 15.1. The Labute approximate surface area is 245 Å². The number of carbonyl (C=O) groups is 3. The van der Waals surface area contributed by atoms with Gasteiger partial charge in [0.15, 0.2) is 0 Å². The lowest BCUT2D eigenvalue weighted by Gasteiger charge is -2.16. The first-order valence-corrected chi connectivity index (χ1v) is 12.7. The van der Waals surface area contributed by atoms with Crippen molar-refractivity contribution in [2.45, 2.75) is 31.2 Å². The van der Waals surface area contributed by atoms with Gasteiger partial charge in [0.2, 0.25) is 0 Å². The van der Waals surface area contributed by atoms with E-state index in [1.165, 1.54) is 11.3 Å². The molecule has 1 saturated heterocycles. The fraction of sp³-hybridized carbons (Fsp3) is 0.250. The van der Waals surface area contributed by atoms with Crippen LogP contribution < -0.4 is 5.73 Å². The van der Waals surface area contributed by atoms with Crippen LogP contribution >= 0.6 is 0 Å². The summed E-state index contributed by atoms with van der Waals surface area (Å²) in [5.74, 6) is -5.46. The number of hydrogen-bond acceptors (Lipinski definition) is 6. The molecule has 1 unspecified atom stereocenters. The number of pyridine rings is 1. The molecule has 0 radical (unpaired) electrons. The van der Waals surface area contributed by atoms with E-state index in [9.17, 15) is 31.1 Å². The van der Waals surface area contributed by atoms with Crippen molar-refractivity contribution >= 4 is 28.7 Å². The number of amides is 1. The van der Waals surface area contributed by atoms with E-state index >= 15 is 0 Å². The lowest BCUT2D eigenvalue weighted by Crippen LogP contribution is -2.21.